The summed E-state index contributed by atoms with van der Waals surface area (Å²) in [5.74, 6) is -0.263. The number of anilines is 1. The van der Waals surface area contributed by atoms with E-state index in [4.69, 9.17) is 5.26 Å². The summed E-state index contributed by atoms with van der Waals surface area (Å²) < 4.78 is 1.76. The van der Waals surface area contributed by atoms with Crippen LogP contribution in [0.3, 0.4) is 0 Å². The molecule has 112 valence electrons. The fraction of sp³-hybridized carbons (Fsp3) is 0.0556. The summed E-state index contributed by atoms with van der Waals surface area (Å²) in [6.45, 7) is 0.640. The van der Waals surface area contributed by atoms with E-state index in [0.717, 1.165) is 5.56 Å². The van der Waals surface area contributed by atoms with Crippen molar-refractivity contribution in [1.29, 1.82) is 5.26 Å². The summed E-state index contributed by atoms with van der Waals surface area (Å²) in [6, 6.07) is 18.6. The van der Waals surface area contributed by atoms with Gasteiger partial charge in [-0.3, -0.25) is 9.48 Å². The Kier molecular flexibility index (Phi) is 4.16. The Morgan fingerprint density at radius 3 is 2.78 bits per heavy atom. The number of nitrogens with zero attached hydrogens (tertiary/aromatic N) is 3. The molecule has 0 radical (unpaired) electrons. The highest BCUT2D eigenvalue weighted by atomic mass is 16.1. The van der Waals surface area contributed by atoms with Crippen LogP contribution < -0.4 is 5.32 Å². The predicted octanol–water partition coefficient (Wildman–Crippen LogP) is 3.06. The highest BCUT2D eigenvalue weighted by molar-refractivity contribution is 6.04. The summed E-state index contributed by atoms with van der Waals surface area (Å²) >= 11 is 0. The minimum absolute atomic E-state index is 0.263. The lowest BCUT2D eigenvalue weighted by Gasteiger charge is -2.03. The standard InChI is InChI=1S/C18H14N4O/c19-10-15-7-4-8-16(9-15)18(23)21-17-11-20-22(13-17)12-14-5-2-1-3-6-14/h1-9,11,13H,12H2,(H,21,23). The summed E-state index contributed by atoms with van der Waals surface area (Å²) in [5, 5.41) is 15.9. The highest BCUT2D eigenvalue weighted by Gasteiger charge is 2.08. The maximum absolute atomic E-state index is 12.2. The molecular weight excluding hydrogens is 288 g/mol. The number of rotatable bonds is 4. The molecule has 1 aromatic heterocycles. The van der Waals surface area contributed by atoms with Gasteiger partial charge in [0.2, 0.25) is 0 Å². The molecule has 0 aliphatic carbocycles. The lowest BCUT2D eigenvalue weighted by Crippen LogP contribution is -2.11. The number of hydrogen-bond donors (Lipinski definition) is 1. The average molecular weight is 302 g/mol. The third kappa shape index (κ3) is 3.63. The monoisotopic (exact) mass is 302 g/mol. The van der Waals surface area contributed by atoms with E-state index >= 15 is 0 Å². The van der Waals surface area contributed by atoms with E-state index in [1.807, 2.05) is 36.4 Å². The summed E-state index contributed by atoms with van der Waals surface area (Å²) in [4.78, 5) is 12.2. The van der Waals surface area contributed by atoms with Crippen LogP contribution in [0, 0.1) is 11.3 Å². The van der Waals surface area contributed by atoms with Crippen LogP contribution in [0.25, 0.3) is 0 Å². The van der Waals surface area contributed by atoms with Crippen molar-refractivity contribution in [2.24, 2.45) is 0 Å². The van der Waals surface area contributed by atoms with Crippen molar-refractivity contribution in [3.05, 3.63) is 83.7 Å². The number of hydrogen-bond acceptors (Lipinski definition) is 3. The molecule has 0 unspecified atom stereocenters. The highest BCUT2D eigenvalue weighted by Crippen LogP contribution is 2.11. The zero-order chi connectivity index (χ0) is 16.1. The van der Waals surface area contributed by atoms with Crippen LogP contribution in [-0.2, 0) is 6.54 Å². The summed E-state index contributed by atoms with van der Waals surface area (Å²) in [6.07, 6.45) is 3.38. The van der Waals surface area contributed by atoms with Gasteiger partial charge < -0.3 is 5.32 Å². The quantitative estimate of drug-likeness (QED) is 0.805. The Labute approximate surface area is 133 Å². The third-order valence-electron chi connectivity index (χ3n) is 3.33. The Hall–Kier alpha value is -3.39. The molecule has 0 saturated heterocycles. The lowest BCUT2D eigenvalue weighted by molar-refractivity contribution is 0.102. The Morgan fingerprint density at radius 1 is 1.17 bits per heavy atom. The van der Waals surface area contributed by atoms with E-state index in [0.29, 0.717) is 23.4 Å². The van der Waals surface area contributed by atoms with Crippen molar-refractivity contribution in [2.75, 3.05) is 5.32 Å². The van der Waals surface area contributed by atoms with Crippen LogP contribution in [0.4, 0.5) is 5.69 Å². The van der Waals surface area contributed by atoms with Crippen LogP contribution in [0.1, 0.15) is 21.5 Å². The summed E-state index contributed by atoms with van der Waals surface area (Å²) in [5.41, 5.74) is 2.65. The second-order valence-electron chi connectivity index (χ2n) is 5.06. The van der Waals surface area contributed by atoms with Gasteiger partial charge in [-0.25, -0.2) is 0 Å². The van der Waals surface area contributed by atoms with Crippen LogP contribution in [0.2, 0.25) is 0 Å². The van der Waals surface area contributed by atoms with Crippen molar-refractivity contribution in [3.63, 3.8) is 0 Å². The number of carbonyl (C=O) groups is 1. The summed E-state index contributed by atoms with van der Waals surface area (Å²) in [7, 11) is 0. The number of nitriles is 1. The number of carbonyl (C=O) groups excluding carboxylic acids is 1. The molecule has 0 bridgehead atoms. The number of nitrogens with one attached hydrogen (secondary N) is 1. The van der Waals surface area contributed by atoms with Crippen molar-refractivity contribution in [1.82, 2.24) is 9.78 Å². The molecule has 3 aromatic rings. The zero-order valence-electron chi connectivity index (χ0n) is 12.3. The number of aromatic nitrogens is 2. The van der Waals surface area contributed by atoms with Gasteiger partial charge in [-0.15, -0.1) is 0 Å². The van der Waals surface area contributed by atoms with Crippen LogP contribution in [0.15, 0.2) is 67.0 Å². The smallest absolute Gasteiger partial charge is 0.255 e. The van der Waals surface area contributed by atoms with Gasteiger partial charge >= 0.3 is 0 Å². The minimum atomic E-state index is -0.263. The molecule has 0 aliphatic rings. The first-order valence-electron chi connectivity index (χ1n) is 7.12. The van der Waals surface area contributed by atoms with Gasteiger partial charge in [0, 0.05) is 11.8 Å². The topological polar surface area (TPSA) is 70.7 Å². The molecule has 1 amide bonds. The third-order valence-corrected chi connectivity index (χ3v) is 3.33. The molecule has 5 nitrogen and oxygen atoms in total. The molecule has 3 rings (SSSR count). The maximum atomic E-state index is 12.2. The maximum Gasteiger partial charge on any atom is 0.255 e. The van der Waals surface area contributed by atoms with E-state index < -0.39 is 0 Å². The molecule has 23 heavy (non-hydrogen) atoms. The Balaban J connectivity index is 1.69. The first kappa shape index (κ1) is 14.5. The molecule has 2 aromatic carbocycles. The normalized spacial score (nSPS) is 10.0. The molecule has 0 fully saturated rings. The molecule has 0 saturated carbocycles. The molecule has 5 heteroatoms. The first-order valence-corrected chi connectivity index (χ1v) is 7.12. The van der Waals surface area contributed by atoms with E-state index in [1.165, 1.54) is 0 Å². The predicted molar refractivity (Wildman–Crippen MR) is 86.9 cm³/mol. The van der Waals surface area contributed by atoms with Crippen LogP contribution in [0.5, 0.6) is 0 Å². The van der Waals surface area contributed by atoms with Crippen molar-refractivity contribution in [3.8, 4) is 6.07 Å². The van der Waals surface area contributed by atoms with E-state index in [1.54, 1.807) is 41.3 Å². The molecule has 0 spiro atoms. The van der Waals surface area contributed by atoms with Crippen LogP contribution >= 0.6 is 0 Å². The van der Waals surface area contributed by atoms with Gasteiger partial charge in [0.15, 0.2) is 0 Å². The van der Waals surface area contributed by atoms with Gasteiger partial charge in [0.05, 0.1) is 30.1 Å². The first-order chi connectivity index (χ1) is 11.2. The van der Waals surface area contributed by atoms with Crippen molar-refractivity contribution >= 4 is 11.6 Å². The molecule has 0 aliphatic heterocycles. The fourth-order valence-electron chi connectivity index (χ4n) is 2.22. The largest absolute Gasteiger partial charge is 0.319 e. The molecule has 1 heterocycles. The second kappa shape index (κ2) is 6.58. The number of amides is 1. The van der Waals surface area contributed by atoms with Gasteiger partial charge in [-0.1, -0.05) is 36.4 Å². The molecular formula is C18H14N4O. The Morgan fingerprint density at radius 2 is 2.00 bits per heavy atom. The molecule has 0 atom stereocenters. The average Bonchev–Trinajstić information content (AvgIpc) is 3.02. The van der Waals surface area contributed by atoms with E-state index in [-0.39, 0.29) is 5.91 Å². The van der Waals surface area contributed by atoms with Crippen molar-refractivity contribution < 1.29 is 4.79 Å². The number of benzene rings is 2. The van der Waals surface area contributed by atoms with Crippen LogP contribution in [-0.4, -0.2) is 15.7 Å². The Bertz CT molecular complexity index is 862. The SMILES string of the molecule is N#Cc1cccc(C(=O)Nc2cnn(Cc3ccccc3)c2)c1. The zero-order valence-corrected chi connectivity index (χ0v) is 12.3. The lowest BCUT2D eigenvalue weighted by atomic mass is 10.1. The van der Waals surface area contributed by atoms with Crippen molar-refractivity contribution in [2.45, 2.75) is 6.54 Å². The fourth-order valence-corrected chi connectivity index (χ4v) is 2.22. The van der Waals surface area contributed by atoms with E-state index in [2.05, 4.69) is 10.4 Å². The molecule has 1 N–H and O–H groups in total. The minimum Gasteiger partial charge on any atom is -0.319 e. The van der Waals surface area contributed by atoms with E-state index in [9.17, 15) is 4.79 Å². The van der Waals surface area contributed by atoms with Gasteiger partial charge in [-0.2, -0.15) is 10.4 Å². The second-order valence-corrected chi connectivity index (χ2v) is 5.06. The van der Waals surface area contributed by atoms with Gasteiger partial charge in [0.25, 0.3) is 5.91 Å². The van der Waals surface area contributed by atoms with Gasteiger partial charge in [-0.05, 0) is 23.8 Å². The van der Waals surface area contributed by atoms with Gasteiger partial charge in [0.1, 0.15) is 0 Å².